The molecule has 0 aliphatic rings. The number of amides is 1. The third-order valence-corrected chi connectivity index (χ3v) is 3.92. The number of carbonyl (C=O) groups excluding carboxylic acids is 1. The van der Waals surface area contributed by atoms with Crippen molar-refractivity contribution in [3.05, 3.63) is 59.5 Å². The first-order chi connectivity index (χ1) is 11.2. The van der Waals surface area contributed by atoms with Crippen LogP contribution >= 0.6 is 11.3 Å². The van der Waals surface area contributed by atoms with E-state index >= 15 is 0 Å². The lowest BCUT2D eigenvalue weighted by molar-refractivity contribution is 0.102. The lowest BCUT2D eigenvalue weighted by atomic mass is 10.2. The van der Waals surface area contributed by atoms with Gasteiger partial charge in [0.15, 0.2) is 0 Å². The Bertz CT molecular complexity index is 816. The molecule has 0 fully saturated rings. The Balaban J connectivity index is 1.74. The maximum Gasteiger partial charge on any atom is 0.275 e. The predicted molar refractivity (Wildman–Crippen MR) is 86.3 cm³/mol. The van der Waals surface area contributed by atoms with Crippen LogP contribution in [0.1, 0.15) is 10.5 Å². The summed E-state index contributed by atoms with van der Waals surface area (Å²) < 4.78 is 17.9. The third kappa shape index (κ3) is 3.51. The largest absolute Gasteiger partial charge is 0.481 e. The summed E-state index contributed by atoms with van der Waals surface area (Å²) in [6.45, 7) is 0. The molecule has 0 radical (unpaired) electrons. The van der Waals surface area contributed by atoms with Crippen molar-refractivity contribution >= 4 is 22.9 Å². The molecule has 3 aromatic rings. The van der Waals surface area contributed by atoms with Crippen LogP contribution < -0.4 is 10.1 Å². The Morgan fingerprint density at radius 1 is 1.22 bits per heavy atom. The minimum atomic E-state index is -0.332. The van der Waals surface area contributed by atoms with E-state index < -0.39 is 0 Å². The molecule has 0 unspecified atom stereocenters. The van der Waals surface area contributed by atoms with E-state index in [1.54, 1.807) is 29.6 Å². The van der Waals surface area contributed by atoms with Gasteiger partial charge in [0.2, 0.25) is 5.88 Å². The van der Waals surface area contributed by atoms with E-state index in [1.165, 1.54) is 36.8 Å². The van der Waals surface area contributed by atoms with Gasteiger partial charge in [-0.1, -0.05) is 0 Å². The molecule has 0 saturated carbocycles. The van der Waals surface area contributed by atoms with Crippen molar-refractivity contribution in [2.75, 3.05) is 12.4 Å². The molecule has 0 bridgehead atoms. The molecule has 7 heteroatoms. The predicted octanol–water partition coefficient (Wildman–Crippen LogP) is 3.61. The van der Waals surface area contributed by atoms with Crippen LogP contribution in [0.4, 0.5) is 10.1 Å². The van der Waals surface area contributed by atoms with Gasteiger partial charge >= 0.3 is 0 Å². The van der Waals surface area contributed by atoms with E-state index in [-0.39, 0.29) is 11.7 Å². The highest BCUT2D eigenvalue weighted by Crippen LogP contribution is 2.24. The highest BCUT2D eigenvalue weighted by atomic mass is 32.1. The summed E-state index contributed by atoms with van der Waals surface area (Å²) in [4.78, 5) is 20.5. The van der Waals surface area contributed by atoms with Crippen LogP contribution in [0.5, 0.6) is 5.88 Å². The normalized spacial score (nSPS) is 10.3. The number of ether oxygens (including phenoxy) is 1. The fourth-order valence-electron chi connectivity index (χ4n) is 1.87. The molecule has 23 heavy (non-hydrogen) atoms. The number of thiazole rings is 1. The summed E-state index contributed by atoms with van der Waals surface area (Å²) in [7, 11) is 1.52. The highest BCUT2D eigenvalue weighted by molar-refractivity contribution is 7.13. The Kier molecular flexibility index (Phi) is 4.29. The number of anilines is 1. The number of nitrogens with zero attached hydrogens (tertiary/aromatic N) is 2. The van der Waals surface area contributed by atoms with Crippen LogP contribution in [0.2, 0.25) is 0 Å². The van der Waals surface area contributed by atoms with Crippen LogP contribution in [0.15, 0.2) is 48.0 Å². The molecule has 116 valence electrons. The highest BCUT2D eigenvalue weighted by Gasteiger charge is 2.12. The number of hydrogen-bond donors (Lipinski definition) is 1. The molecule has 1 N–H and O–H groups in total. The second kappa shape index (κ2) is 6.53. The first-order valence-electron chi connectivity index (χ1n) is 6.68. The van der Waals surface area contributed by atoms with Crippen molar-refractivity contribution in [2.45, 2.75) is 0 Å². The molecule has 0 saturated heterocycles. The fourth-order valence-corrected chi connectivity index (χ4v) is 2.68. The SMILES string of the molecule is COc1ccc(NC(=O)c2csc(-c3ccc(F)cc3)n2)cn1. The molecule has 0 aliphatic carbocycles. The van der Waals surface area contributed by atoms with E-state index in [9.17, 15) is 9.18 Å². The Morgan fingerprint density at radius 2 is 2.00 bits per heavy atom. The summed E-state index contributed by atoms with van der Waals surface area (Å²) in [6, 6.07) is 9.32. The van der Waals surface area contributed by atoms with Crippen molar-refractivity contribution in [3.8, 4) is 16.5 Å². The van der Waals surface area contributed by atoms with E-state index in [4.69, 9.17) is 4.74 Å². The van der Waals surface area contributed by atoms with Gasteiger partial charge in [-0.25, -0.2) is 14.4 Å². The summed E-state index contributed by atoms with van der Waals surface area (Å²) in [6.07, 6.45) is 1.50. The minimum absolute atomic E-state index is 0.296. The summed E-state index contributed by atoms with van der Waals surface area (Å²) in [5, 5.41) is 5.02. The first-order valence-corrected chi connectivity index (χ1v) is 7.56. The number of rotatable bonds is 4. The molecular formula is C16H12FN3O2S. The monoisotopic (exact) mass is 329 g/mol. The van der Waals surface area contributed by atoms with Crippen LogP contribution in [0, 0.1) is 5.82 Å². The number of methoxy groups -OCH3 is 1. The second-order valence-corrected chi connectivity index (χ2v) is 5.45. The molecule has 1 amide bonds. The molecule has 0 aliphatic heterocycles. The molecule has 0 atom stereocenters. The van der Waals surface area contributed by atoms with E-state index in [0.29, 0.717) is 22.3 Å². The first kappa shape index (κ1) is 15.1. The maximum absolute atomic E-state index is 12.9. The van der Waals surface area contributed by atoms with Gasteiger partial charge in [-0.2, -0.15) is 0 Å². The van der Waals surface area contributed by atoms with Gasteiger partial charge in [-0.3, -0.25) is 4.79 Å². The Hall–Kier alpha value is -2.80. The fraction of sp³-hybridized carbons (Fsp3) is 0.0625. The van der Waals surface area contributed by atoms with E-state index in [1.807, 2.05) is 0 Å². The zero-order chi connectivity index (χ0) is 16.2. The van der Waals surface area contributed by atoms with Gasteiger partial charge in [-0.15, -0.1) is 11.3 Å². The molecule has 2 aromatic heterocycles. The van der Waals surface area contributed by atoms with Gasteiger partial charge < -0.3 is 10.1 Å². The lowest BCUT2D eigenvalue weighted by Crippen LogP contribution is -2.12. The van der Waals surface area contributed by atoms with Crippen LogP contribution in [-0.4, -0.2) is 23.0 Å². The number of halogens is 1. The Labute approximate surface area is 135 Å². The van der Waals surface area contributed by atoms with Crippen LogP contribution in [0.25, 0.3) is 10.6 Å². The molecule has 2 heterocycles. The number of aromatic nitrogens is 2. The third-order valence-electron chi connectivity index (χ3n) is 3.03. The minimum Gasteiger partial charge on any atom is -0.481 e. The Morgan fingerprint density at radius 3 is 2.65 bits per heavy atom. The summed E-state index contributed by atoms with van der Waals surface area (Å²) >= 11 is 1.32. The van der Waals surface area contributed by atoms with Crippen molar-refractivity contribution in [1.82, 2.24) is 9.97 Å². The van der Waals surface area contributed by atoms with Gasteiger partial charge in [0.05, 0.1) is 19.0 Å². The zero-order valence-corrected chi connectivity index (χ0v) is 12.9. The lowest BCUT2D eigenvalue weighted by Gasteiger charge is -2.03. The second-order valence-electron chi connectivity index (χ2n) is 4.59. The summed E-state index contributed by atoms with van der Waals surface area (Å²) in [5.74, 6) is -0.174. The van der Waals surface area contributed by atoms with Gasteiger partial charge in [0.25, 0.3) is 5.91 Å². The molecular weight excluding hydrogens is 317 g/mol. The van der Waals surface area contributed by atoms with Crippen molar-refractivity contribution < 1.29 is 13.9 Å². The van der Waals surface area contributed by atoms with E-state index in [0.717, 1.165) is 5.56 Å². The van der Waals surface area contributed by atoms with Gasteiger partial charge in [0.1, 0.15) is 16.5 Å². The van der Waals surface area contributed by atoms with Crippen molar-refractivity contribution in [3.63, 3.8) is 0 Å². The molecule has 5 nitrogen and oxygen atoms in total. The number of benzene rings is 1. The summed E-state index contributed by atoms with van der Waals surface area (Å²) in [5.41, 5.74) is 1.61. The topological polar surface area (TPSA) is 64.1 Å². The van der Waals surface area contributed by atoms with Crippen molar-refractivity contribution in [1.29, 1.82) is 0 Å². The molecule has 3 rings (SSSR count). The smallest absolute Gasteiger partial charge is 0.275 e. The van der Waals surface area contributed by atoms with Crippen molar-refractivity contribution in [2.24, 2.45) is 0 Å². The van der Waals surface area contributed by atoms with E-state index in [2.05, 4.69) is 15.3 Å². The van der Waals surface area contributed by atoms with Gasteiger partial charge in [0, 0.05) is 17.0 Å². The van der Waals surface area contributed by atoms with Gasteiger partial charge in [-0.05, 0) is 30.3 Å². The number of pyridine rings is 1. The zero-order valence-electron chi connectivity index (χ0n) is 12.1. The quantitative estimate of drug-likeness (QED) is 0.794. The van der Waals surface area contributed by atoms with Crippen LogP contribution in [0.3, 0.4) is 0 Å². The van der Waals surface area contributed by atoms with Crippen LogP contribution in [-0.2, 0) is 0 Å². The molecule has 0 spiro atoms. The number of hydrogen-bond acceptors (Lipinski definition) is 5. The number of nitrogens with one attached hydrogen (secondary N) is 1. The molecule has 1 aromatic carbocycles. The average molecular weight is 329 g/mol. The maximum atomic E-state index is 12.9. The number of carbonyl (C=O) groups is 1. The average Bonchev–Trinajstić information content (AvgIpc) is 3.06. The standard InChI is InChI=1S/C16H12FN3O2S/c1-22-14-7-6-12(8-18-14)19-15(21)13-9-23-16(20-13)10-2-4-11(17)5-3-10/h2-9H,1H3,(H,19,21).